The molecule has 21 heavy (non-hydrogen) atoms. The van der Waals surface area contributed by atoms with Gasteiger partial charge in [0.05, 0.1) is 4.90 Å². The normalized spacial score (nSPS) is 18.6. The molecule has 1 atom stereocenters. The summed E-state index contributed by atoms with van der Waals surface area (Å²) >= 11 is 0. The number of hydrogen-bond donors (Lipinski definition) is 2. The zero-order valence-corrected chi connectivity index (χ0v) is 13.4. The highest BCUT2D eigenvalue weighted by Crippen LogP contribution is 2.23. The van der Waals surface area contributed by atoms with Crippen LogP contribution in [0.25, 0.3) is 0 Å². The minimum absolute atomic E-state index is 0.106. The first kappa shape index (κ1) is 16.3. The SMILES string of the molecule is CCc1ccc(N)cc1S(=O)(=O)NC(C)C1CCOCC1. The summed E-state index contributed by atoms with van der Waals surface area (Å²) in [4.78, 5) is 0.295. The number of hydrogen-bond acceptors (Lipinski definition) is 4. The zero-order valence-electron chi connectivity index (χ0n) is 12.6. The van der Waals surface area contributed by atoms with E-state index in [0.717, 1.165) is 18.4 Å². The van der Waals surface area contributed by atoms with Crippen molar-refractivity contribution in [1.82, 2.24) is 4.72 Å². The van der Waals surface area contributed by atoms with Crippen molar-refractivity contribution in [3.05, 3.63) is 23.8 Å². The third kappa shape index (κ3) is 3.96. The number of aryl methyl sites for hydroxylation is 1. The maximum atomic E-state index is 12.6. The van der Waals surface area contributed by atoms with Gasteiger partial charge in [-0.25, -0.2) is 13.1 Å². The molecule has 0 bridgehead atoms. The lowest BCUT2D eigenvalue weighted by atomic mass is 9.94. The van der Waals surface area contributed by atoms with E-state index < -0.39 is 10.0 Å². The van der Waals surface area contributed by atoms with Gasteiger partial charge in [0.15, 0.2) is 0 Å². The molecule has 1 saturated heterocycles. The van der Waals surface area contributed by atoms with Gasteiger partial charge in [0, 0.05) is 24.9 Å². The number of ether oxygens (including phenoxy) is 1. The molecule has 1 aromatic carbocycles. The van der Waals surface area contributed by atoms with Crippen LogP contribution in [0.4, 0.5) is 5.69 Å². The van der Waals surface area contributed by atoms with Crippen LogP contribution in [0.2, 0.25) is 0 Å². The van der Waals surface area contributed by atoms with E-state index in [2.05, 4.69) is 4.72 Å². The van der Waals surface area contributed by atoms with E-state index in [1.807, 2.05) is 13.8 Å². The Bertz CT molecular complexity index is 581. The monoisotopic (exact) mass is 312 g/mol. The Hall–Kier alpha value is -1.11. The summed E-state index contributed by atoms with van der Waals surface area (Å²) in [5, 5.41) is 0. The Morgan fingerprint density at radius 3 is 2.67 bits per heavy atom. The van der Waals surface area contributed by atoms with Crippen LogP contribution in [0.15, 0.2) is 23.1 Å². The summed E-state index contributed by atoms with van der Waals surface area (Å²) in [7, 11) is -3.54. The number of nitrogens with two attached hydrogens (primary N) is 1. The molecule has 0 amide bonds. The summed E-state index contributed by atoms with van der Waals surface area (Å²) in [5.74, 6) is 0.319. The molecule has 0 radical (unpaired) electrons. The van der Waals surface area contributed by atoms with Crippen LogP contribution < -0.4 is 10.5 Å². The fraction of sp³-hybridized carbons (Fsp3) is 0.600. The number of nitrogens with one attached hydrogen (secondary N) is 1. The summed E-state index contributed by atoms with van der Waals surface area (Å²) < 4.78 is 33.4. The summed E-state index contributed by atoms with van der Waals surface area (Å²) in [6.07, 6.45) is 2.44. The molecule has 5 nitrogen and oxygen atoms in total. The molecule has 0 spiro atoms. The molecule has 3 N–H and O–H groups in total. The van der Waals surface area contributed by atoms with E-state index in [-0.39, 0.29) is 6.04 Å². The van der Waals surface area contributed by atoms with Gasteiger partial charge in [-0.2, -0.15) is 0 Å². The third-order valence-electron chi connectivity index (χ3n) is 4.08. The van der Waals surface area contributed by atoms with E-state index in [1.54, 1.807) is 12.1 Å². The van der Waals surface area contributed by atoms with Crippen molar-refractivity contribution < 1.29 is 13.2 Å². The van der Waals surface area contributed by atoms with E-state index in [9.17, 15) is 8.42 Å². The van der Waals surface area contributed by atoms with E-state index in [4.69, 9.17) is 10.5 Å². The minimum atomic E-state index is -3.54. The number of anilines is 1. The lowest BCUT2D eigenvalue weighted by molar-refractivity contribution is 0.0585. The number of nitrogen functional groups attached to an aromatic ring is 1. The summed E-state index contributed by atoms with van der Waals surface area (Å²) in [6.45, 7) is 5.27. The van der Waals surface area contributed by atoms with Crippen molar-refractivity contribution in [2.45, 2.75) is 44.0 Å². The quantitative estimate of drug-likeness (QED) is 0.814. The molecule has 1 aliphatic rings. The van der Waals surface area contributed by atoms with Gasteiger partial charge in [0.1, 0.15) is 0 Å². The first-order chi connectivity index (χ1) is 9.94. The van der Waals surface area contributed by atoms with Gasteiger partial charge in [0.25, 0.3) is 0 Å². The Morgan fingerprint density at radius 2 is 2.05 bits per heavy atom. The van der Waals surface area contributed by atoms with Crippen molar-refractivity contribution in [1.29, 1.82) is 0 Å². The largest absolute Gasteiger partial charge is 0.399 e. The highest BCUT2D eigenvalue weighted by atomic mass is 32.2. The first-order valence-electron chi connectivity index (χ1n) is 7.42. The predicted octanol–water partition coefficient (Wildman–Crippen LogP) is 1.92. The lowest BCUT2D eigenvalue weighted by Gasteiger charge is -2.28. The average molecular weight is 312 g/mol. The molecule has 1 unspecified atom stereocenters. The topological polar surface area (TPSA) is 81.4 Å². The van der Waals surface area contributed by atoms with E-state index in [0.29, 0.717) is 36.1 Å². The second-order valence-corrected chi connectivity index (χ2v) is 7.26. The highest BCUT2D eigenvalue weighted by Gasteiger charge is 2.26. The molecule has 0 aromatic heterocycles. The molecule has 0 saturated carbocycles. The van der Waals surface area contributed by atoms with Crippen LogP contribution >= 0.6 is 0 Å². The second-order valence-electron chi connectivity index (χ2n) is 5.58. The van der Waals surface area contributed by atoms with Crippen LogP contribution in [-0.2, 0) is 21.2 Å². The molecule has 1 aromatic rings. The number of rotatable bonds is 5. The molecule has 6 heteroatoms. The van der Waals surface area contributed by atoms with Gasteiger partial charge in [-0.15, -0.1) is 0 Å². The molecular weight excluding hydrogens is 288 g/mol. The van der Waals surface area contributed by atoms with Gasteiger partial charge in [-0.05, 0) is 49.8 Å². The zero-order chi connectivity index (χ0) is 15.5. The van der Waals surface area contributed by atoms with Crippen molar-refractivity contribution in [2.24, 2.45) is 5.92 Å². The minimum Gasteiger partial charge on any atom is -0.399 e. The maximum absolute atomic E-state index is 12.6. The Kier molecular flexibility index (Phi) is 5.24. The molecular formula is C15H24N2O3S. The number of sulfonamides is 1. The van der Waals surface area contributed by atoms with Gasteiger partial charge in [-0.1, -0.05) is 13.0 Å². The van der Waals surface area contributed by atoms with Crippen LogP contribution in [0.1, 0.15) is 32.3 Å². The Balaban J connectivity index is 2.19. The van der Waals surface area contributed by atoms with Gasteiger partial charge in [-0.3, -0.25) is 0 Å². The summed E-state index contributed by atoms with van der Waals surface area (Å²) in [5.41, 5.74) is 7.00. The van der Waals surface area contributed by atoms with Gasteiger partial charge >= 0.3 is 0 Å². The Morgan fingerprint density at radius 1 is 1.38 bits per heavy atom. The van der Waals surface area contributed by atoms with Crippen LogP contribution in [0, 0.1) is 5.92 Å². The molecule has 1 heterocycles. The standard InChI is InChI=1S/C15H24N2O3S/c1-3-12-4-5-14(16)10-15(12)21(18,19)17-11(2)13-6-8-20-9-7-13/h4-5,10-11,13,17H,3,6-9,16H2,1-2H3. The van der Waals surface area contributed by atoms with Crippen LogP contribution in [0.3, 0.4) is 0 Å². The van der Waals surface area contributed by atoms with Gasteiger partial charge in [0.2, 0.25) is 10.0 Å². The molecule has 1 aliphatic heterocycles. The second kappa shape index (κ2) is 6.77. The molecule has 0 aliphatic carbocycles. The van der Waals surface area contributed by atoms with E-state index in [1.165, 1.54) is 6.07 Å². The average Bonchev–Trinajstić information content (AvgIpc) is 2.47. The van der Waals surface area contributed by atoms with Crippen LogP contribution in [-0.4, -0.2) is 27.7 Å². The van der Waals surface area contributed by atoms with E-state index >= 15 is 0 Å². The maximum Gasteiger partial charge on any atom is 0.241 e. The third-order valence-corrected chi connectivity index (χ3v) is 5.72. The highest BCUT2D eigenvalue weighted by molar-refractivity contribution is 7.89. The van der Waals surface area contributed by atoms with Gasteiger partial charge < -0.3 is 10.5 Å². The fourth-order valence-corrected chi connectivity index (χ4v) is 4.39. The molecule has 118 valence electrons. The van der Waals surface area contributed by atoms with Crippen LogP contribution in [0.5, 0.6) is 0 Å². The van der Waals surface area contributed by atoms with Crippen molar-refractivity contribution in [3.63, 3.8) is 0 Å². The van der Waals surface area contributed by atoms with Crippen molar-refractivity contribution >= 4 is 15.7 Å². The number of benzene rings is 1. The van der Waals surface area contributed by atoms with Crippen molar-refractivity contribution in [3.8, 4) is 0 Å². The fourth-order valence-electron chi connectivity index (χ4n) is 2.73. The van der Waals surface area contributed by atoms with Crippen molar-refractivity contribution in [2.75, 3.05) is 18.9 Å². The predicted molar refractivity (Wildman–Crippen MR) is 83.6 cm³/mol. The Labute approximate surface area is 126 Å². The lowest BCUT2D eigenvalue weighted by Crippen LogP contribution is -2.40. The summed E-state index contributed by atoms with van der Waals surface area (Å²) in [6, 6.07) is 4.95. The molecule has 1 fully saturated rings. The smallest absolute Gasteiger partial charge is 0.241 e. The first-order valence-corrected chi connectivity index (χ1v) is 8.91. The molecule has 2 rings (SSSR count).